The zero-order valence-corrected chi connectivity index (χ0v) is 13.2. The maximum Gasteiger partial charge on any atom is 0.254 e. The number of hydrogen-bond donors (Lipinski definition) is 1. The lowest BCUT2D eigenvalue weighted by Crippen LogP contribution is -2.32. The predicted molar refractivity (Wildman–Crippen MR) is 88.0 cm³/mol. The summed E-state index contributed by atoms with van der Waals surface area (Å²) in [5.41, 5.74) is 1.37. The molecule has 3 rings (SSSR count). The normalized spacial score (nSPS) is 13.7. The average Bonchev–Trinajstić information content (AvgIpc) is 3.21. The third-order valence-electron chi connectivity index (χ3n) is 3.61. The van der Waals surface area contributed by atoms with Crippen LogP contribution in [-0.2, 0) is 11.3 Å². The highest BCUT2D eigenvalue weighted by Gasteiger charge is 2.33. The summed E-state index contributed by atoms with van der Waals surface area (Å²) in [6, 6.07) is 11.5. The van der Waals surface area contributed by atoms with E-state index in [9.17, 15) is 9.59 Å². The number of benzene rings is 1. The third-order valence-corrected chi connectivity index (χ3v) is 4.47. The van der Waals surface area contributed by atoms with Gasteiger partial charge in [0.15, 0.2) is 0 Å². The van der Waals surface area contributed by atoms with Gasteiger partial charge < -0.3 is 10.2 Å². The van der Waals surface area contributed by atoms with E-state index in [0.717, 1.165) is 12.8 Å². The second-order valence-corrected chi connectivity index (χ2v) is 6.53. The molecular formula is C17H18N2O2S. The molecule has 0 spiro atoms. The standard InChI is InChI=1S/C17H18N2O2S/c1-12(20)18-14-6-4-13(5-7-14)17(21)19(15-8-9-15)11-16-3-2-10-22-16/h2-7,10,15H,8-9,11H2,1H3,(H,18,20). The summed E-state index contributed by atoms with van der Waals surface area (Å²) in [4.78, 5) is 26.9. The summed E-state index contributed by atoms with van der Waals surface area (Å²) in [6.45, 7) is 2.14. The first-order valence-electron chi connectivity index (χ1n) is 7.34. The van der Waals surface area contributed by atoms with Gasteiger partial charge in [-0.2, -0.15) is 0 Å². The molecule has 2 amide bonds. The van der Waals surface area contributed by atoms with Crippen molar-refractivity contribution in [3.63, 3.8) is 0 Å². The molecule has 1 aromatic carbocycles. The lowest BCUT2D eigenvalue weighted by Gasteiger charge is -2.22. The van der Waals surface area contributed by atoms with Crippen molar-refractivity contribution < 1.29 is 9.59 Å². The molecule has 4 nitrogen and oxygen atoms in total. The summed E-state index contributed by atoms with van der Waals surface area (Å²) >= 11 is 1.68. The summed E-state index contributed by atoms with van der Waals surface area (Å²) in [6.07, 6.45) is 2.17. The van der Waals surface area contributed by atoms with Crippen molar-refractivity contribution in [2.75, 3.05) is 5.32 Å². The van der Waals surface area contributed by atoms with Gasteiger partial charge in [0.2, 0.25) is 5.91 Å². The highest BCUT2D eigenvalue weighted by Crippen LogP contribution is 2.30. The summed E-state index contributed by atoms with van der Waals surface area (Å²) in [5, 5.41) is 4.74. The zero-order chi connectivity index (χ0) is 15.5. The molecule has 0 radical (unpaired) electrons. The Balaban J connectivity index is 1.74. The van der Waals surface area contributed by atoms with Gasteiger partial charge in [0.05, 0.1) is 6.54 Å². The van der Waals surface area contributed by atoms with E-state index in [4.69, 9.17) is 0 Å². The van der Waals surface area contributed by atoms with Crippen molar-refractivity contribution in [3.8, 4) is 0 Å². The van der Waals surface area contributed by atoms with Gasteiger partial charge in [-0.25, -0.2) is 0 Å². The monoisotopic (exact) mass is 314 g/mol. The van der Waals surface area contributed by atoms with Gasteiger partial charge in [-0.1, -0.05) is 6.07 Å². The highest BCUT2D eigenvalue weighted by atomic mass is 32.1. The number of rotatable bonds is 5. The van der Waals surface area contributed by atoms with Crippen LogP contribution in [0.3, 0.4) is 0 Å². The fourth-order valence-corrected chi connectivity index (χ4v) is 3.09. The fraction of sp³-hybridized carbons (Fsp3) is 0.294. The first-order valence-corrected chi connectivity index (χ1v) is 8.22. The van der Waals surface area contributed by atoms with Crippen LogP contribution in [-0.4, -0.2) is 22.8 Å². The predicted octanol–water partition coefficient (Wildman–Crippen LogP) is 3.51. The van der Waals surface area contributed by atoms with Gasteiger partial charge in [-0.05, 0) is 48.6 Å². The van der Waals surface area contributed by atoms with E-state index in [-0.39, 0.29) is 11.8 Å². The molecule has 1 aliphatic carbocycles. The lowest BCUT2D eigenvalue weighted by molar-refractivity contribution is -0.114. The highest BCUT2D eigenvalue weighted by molar-refractivity contribution is 7.09. The number of carbonyl (C=O) groups is 2. The number of carbonyl (C=O) groups excluding carboxylic acids is 2. The molecule has 0 bridgehead atoms. The van der Waals surface area contributed by atoms with Gasteiger partial charge in [0.1, 0.15) is 0 Å². The van der Waals surface area contributed by atoms with Gasteiger partial charge in [-0.15, -0.1) is 11.3 Å². The van der Waals surface area contributed by atoms with Crippen LogP contribution in [0.25, 0.3) is 0 Å². The molecule has 0 atom stereocenters. The van der Waals surface area contributed by atoms with Crippen LogP contribution in [0, 0.1) is 0 Å². The summed E-state index contributed by atoms with van der Waals surface area (Å²) < 4.78 is 0. The van der Waals surface area contributed by atoms with Crippen LogP contribution < -0.4 is 5.32 Å². The molecule has 1 aliphatic rings. The van der Waals surface area contributed by atoms with Crippen molar-refractivity contribution in [2.24, 2.45) is 0 Å². The summed E-state index contributed by atoms with van der Waals surface area (Å²) in [5.74, 6) is -0.0540. The zero-order valence-electron chi connectivity index (χ0n) is 12.4. The first kappa shape index (κ1) is 14.8. The molecule has 22 heavy (non-hydrogen) atoms. The minimum absolute atomic E-state index is 0.0604. The molecule has 0 unspecified atom stereocenters. The molecule has 1 N–H and O–H groups in total. The smallest absolute Gasteiger partial charge is 0.254 e. The second-order valence-electron chi connectivity index (χ2n) is 5.50. The SMILES string of the molecule is CC(=O)Nc1ccc(C(=O)N(Cc2cccs2)C2CC2)cc1. The number of nitrogens with zero attached hydrogens (tertiary/aromatic N) is 1. The minimum atomic E-state index is -0.114. The van der Waals surface area contributed by atoms with Gasteiger partial charge in [0.25, 0.3) is 5.91 Å². The first-order chi connectivity index (χ1) is 10.6. The Bertz CT molecular complexity index is 660. The van der Waals surface area contributed by atoms with E-state index in [1.54, 1.807) is 35.6 Å². The third kappa shape index (κ3) is 3.54. The molecule has 1 fully saturated rings. The number of nitrogens with one attached hydrogen (secondary N) is 1. The number of hydrogen-bond acceptors (Lipinski definition) is 3. The van der Waals surface area contributed by atoms with Crippen LogP contribution in [0.1, 0.15) is 35.0 Å². The number of thiophene rings is 1. The molecule has 0 aliphatic heterocycles. The van der Waals surface area contributed by atoms with Gasteiger partial charge >= 0.3 is 0 Å². The molecule has 2 aromatic rings. The second kappa shape index (κ2) is 6.32. The Morgan fingerprint density at radius 1 is 1.23 bits per heavy atom. The molecule has 1 saturated carbocycles. The van der Waals surface area contributed by atoms with Crippen molar-refractivity contribution in [1.29, 1.82) is 0 Å². The van der Waals surface area contributed by atoms with Crippen LogP contribution in [0.4, 0.5) is 5.69 Å². The Labute approximate surface area is 133 Å². The Kier molecular flexibility index (Phi) is 4.24. The van der Waals surface area contributed by atoms with E-state index >= 15 is 0 Å². The molecule has 1 heterocycles. The minimum Gasteiger partial charge on any atom is -0.331 e. The van der Waals surface area contributed by atoms with Gasteiger partial charge in [-0.3, -0.25) is 9.59 Å². The Morgan fingerprint density at radius 2 is 1.95 bits per heavy atom. The molecule has 1 aromatic heterocycles. The fourth-order valence-electron chi connectivity index (χ4n) is 2.39. The van der Waals surface area contributed by atoms with Crippen molar-refractivity contribution in [2.45, 2.75) is 32.4 Å². The summed E-state index contributed by atoms with van der Waals surface area (Å²) in [7, 11) is 0. The topological polar surface area (TPSA) is 49.4 Å². The van der Waals surface area contributed by atoms with Crippen LogP contribution in [0.15, 0.2) is 41.8 Å². The van der Waals surface area contributed by atoms with E-state index in [2.05, 4.69) is 11.4 Å². The molecular weight excluding hydrogens is 296 g/mol. The van der Waals surface area contributed by atoms with Crippen molar-refractivity contribution in [1.82, 2.24) is 4.90 Å². The van der Waals surface area contributed by atoms with Crippen LogP contribution >= 0.6 is 11.3 Å². The molecule has 114 valence electrons. The van der Waals surface area contributed by atoms with Crippen LogP contribution in [0.5, 0.6) is 0 Å². The van der Waals surface area contributed by atoms with Crippen molar-refractivity contribution in [3.05, 3.63) is 52.2 Å². The van der Waals surface area contributed by atoms with Crippen LogP contribution in [0.2, 0.25) is 0 Å². The number of anilines is 1. The molecule has 0 saturated heterocycles. The maximum absolute atomic E-state index is 12.7. The van der Waals surface area contributed by atoms with Gasteiger partial charge in [0, 0.05) is 29.1 Å². The average molecular weight is 314 g/mol. The Hall–Kier alpha value is -2.14. The maximum atomic E-state index is 12.7. The number of amides is 2. The quantitative estimate of drug-likeness (QED) is 0.918. The van der Waals surface area contributed by atoms with E-state index in [1.807, 2.05) is 16.3 Å². The van der Waals surface area contributed by atoms with E-state index in [0.29, 0.717) is 23.8 Å². The lowest BCUT2D eigenvalue weighted by atomic mass is 10.1. The van der Waals surface area contributed by atoms with E-state index in [1.165, 1.54) is 11.8 Å². The van der Waals surface area contributed by atoms with E-state index < -0.39 is 0 Å². The largest absolute Gasteiger partial charge is 0.331 e. The Morgan fingerprint density at radius 3 is 2.50 bits per heavy atom. The van der Waals surface area contributed by atoms with Crippen molar-refractivity contribution >= 4 is 28.8 Å². The molecule has 5 heteroatoms.